The van der Waals surface area contributed by atoms with Crippen LogP contribution in [0.15, 0.2) is 4.42 Å². The first kappa shape index (κ1) is 12.3. The molecule has 1 aromatic heterocycles. The number of aromatic nitrogens is 2. The van der Waals surface area contributed by atoms with Crippen molar-refractivity contribution in [3.05, 3.63) is 5.89 Å². The lowest BCUT2D eigenvalue weighted by molar-refractivity contribution is 0.0277. The summed E-state index contributed by atoms with van der Waals surface area (Å²) in [7, 11) is 1.86. The number of rotatable bonds is 4. The van der Waals surface area contributed by atoms with Crippen LogP contribution in [0.3, 0.4) is 0 Å². The molecule has 1 saturated heterocycles. The van der Waals surface area contributed by atoms with E-state index in [1.807, 2.05) is 7.05 Å². The highest BCUT2D eigenvalue weighted by Gasteiger charge is 2.29. The predicted molar refractivity (Wildman–Crippen MR) is 63.9 cm³/mol. The number of nitrogens with zero attached hydrogens (tertiary/aromatic N) is 3. The minimum absolute atomic E-state index is 0.206. The van der Waals surface area contributed by atoms with E-state index in [0.717, 1.165) is 19.6 Å². The number of ether oxygens (including phenoxy) is 1. The topological polar surface area (TPSA) is 63.4 Å². The maximum absolute atomic E-state index is 5.64. The average Bonchev–Trinajstić information content (AvgIpc) is 2.78. The molecule has 0 radical (unpaired) electrons. The van der Waals surface area contributed by atoms with Crippen LogP contribution in [0.2, 0.25) is 0 Å². The summed E-state index contributed by atoms with van der Waals surface area (Å²) in [4.78, 5) is 2.15. The van der Waals surface area contributed by atoms with Crippen molar-refractivity contribution in [2.24, 2.45) is 0 Å². The second-order valence-corrected chi connectivity index (χ2v) is 4.37. The van der Waals surface area contributed by atoms with Crippen LogP contribution in [0.4, 0.5) is 6.01 Å². The fourth-order valence-corrected chi connectivity index (χ4v) is 2.00. The third kappa shape index (κ3) is 2.76. The first-order valence-electron chi connectivity index (χ1n) is 6.09. The molecule has 6 heteroatoms. The molecule has 6 nitrogen and oxygen atoms in total. The smallest absolute Gasteiger partial charge is 0.318 e. The monoisotopic (exact) mass is 240 g/mol. The molecular formula is C11H20N4O2. The van der Waals surface area contributed by atoms with Crippen LogP contribution in [0.25, 0.3) is 0 Å². The molecule has 2 atom stereocenters. The highest BCUT2D eigenvalue weighted by Crippen LogP contribution is 2.22. The van der Waals surface area contributed by atoms with Gasteiger partial charge < -0.3 is 19.4 Å². The van der Waals surface area contributed by atoms with Crippen LogP contribution in [0, 0.1) is 0 Å². The van der Waals surface area contributed by atoms with Gasteiger partial charge in [-0.25, -0.2) is 0 Å². The normalized spacial score (nSPS) is 25.2. The lowest BCUT2D eigenvalue weighted by Gasteiger charge is -2.36. The zero-order chi connectivity index (χ0) is 12.3. The second kappa shape index (κ2) is 5.46. The molecule has 0 spiro atoms. The van der Waals surface area contributed by atoms with Crippen LogP contribution in [-0.4, -0.2) is 42.5 Å². The quantitative estimate of drug-likeness (QED) is 0.839. The van der Waals surface area contributed by atoms with Crippen molar-refractivity contribution in [3.63, 3.8) is 0 Å². The van der Waals surface area contributed by atoms with E-state index in [1.54, 1.807) is 0 Å². The Morgan fingerprint density at radius 2 is 2.29 bits per heavy atom. The Hall–Kier alpha value is -1.14. The van der Waals surface area contributed by atoms with Gasteiger partial charge >= 0.3 is 6.01 Å². The minimum Gasteiger partial charge on any atom is -0.407 e. The van der Waals surface area contributed by atoms with Gasteiger partial charge in [-0.1, -0.05) is 12.0 Å². The lowest BCUT2D eigenvalue weighted by atomic mass is 10.1. The Balaban J connectivity index is 2.11. The summed E-state index contributed by atoms with van der Waals surface area (Å²) < 4.78 is 11.3. The van der Waals surface area contributed by atoms with E-state index in [0.29, 0.717) is 24.5 Å². The van der Waals surface area contributed by atoms with E-state index < -0.39 is 0 Å². The van der Waals surface area contributed by atoms with Crippen LogP contribution < -0.4 is 10.2 Å². The molecule has 0 saturated carbocycles. The molecule has 1 aliphatic rings. The van der Waals surface area contributed by atoms with E-state index >= 15 is 0 Å². The number of morpholine rings is 1. The Labute approximate surface area is 101 Å². The lowest BCUT2D eigenvalue weighted by Crippen LogP contribution is -2.48. The van der Waals surface area contributed by atoms with Crippen molar-refractivity contribution in [1.82, 2.24) is 15.5 Å². The zero-order valence-corrected chi connectivity index (χ0v) is 10.6. The van der Waals surface area contributed by atoms with Crippen molar-refractivity contribution >= 4 is 6.01 Å². The SMILES string of the molecule is CCC1COC(C)CN1c1nnc(CNC)o1. The standard InChI is InChI=1S/C11H20N4O2/c1-4-9-7-16-8(2)6-15(9)11-14-13-10(17-11)5-12-3/h8-9,12H,4-7H2,1-3H3. The molecule has 17 heavy (non-hydrogen) atoms. The van der Waals surface area contributed by atoms with Crippen LogP contribution >= 0.6 is 0 Å². The summed E-state index contributed by atoms with van der Waals surface area (Å²) in [5.74, 6) is 0.622. The van der Waals surface area contributed by atoms with Gasteiger partial charge in [-0.15, -0.1) is 5.10 Å². The Kier molecular flexibility index (Phi) is 3.96. The summed E-state index contributed by atoms with van der Waals surface area (Å²) in [6, 6.07) is 0.936. The molecule has 1 aromatic rings. The Bertz CT molecular complexity index is 355. The fourth-order valence-electron chi connectivity index (χ4n) is 2.00. The molecule has 0 aromatic carbocycles. The highest BCUT2D eigenvalue weighted by molar-refractivity contribution is 5.28. The van der Waals surface area contributed by atoms with E-state index in [-0.39, 0.29) is 6.10 Å². The minimum atomic E-state index is 0.206. The summed E-state index contributed by atoms with van der Waals surface area (Å²) in [5.41, 5.74) is 0. The maximum Gasteiger partial charge on any atom is 0.318 e. The molecule has 2 heterocycles. The summed E-state index contributed by atoms with van der Waals surface area (Å²) in [5, 5.41) is 11.1. The molecule has 0 aliphatic carbocycles. The van der Waals surface area contributed by atoms with E-state index in [1.165, 1.54) is 0 Å². The van der Waals surface area contributed by atoms with E-state index in [2.05, 4.69) is 34.3 Å². The van der Waals surface area contributed by atoms with Gasteiger partial charge in [0.05, 0.1) is 25.3 Å². The molecule has 0 amide bonds. The number of hydrogen-bond donors (Lipinski definition) is 1. The number of nitrogens with one attached hydrogen (secondary N) is 1. The van der Waals surface area contributed by atoms with Gasteiger partial charge in [0, 0.05) is 6.54 Å². The third-order valence-electron chi connectivity index (χ3n) is 2.97. The Morgan fingerprint density at radius 1 is 1.47 bits per heavy atom. The average molecular weight is 240 g/mol. The van der Waals surface area contributed by atoms with E-state index in [9.17, 15) is 0 Å². The van der Waals surface area contributed by atoms with Crippen LogP contribution in [0.1, 0.15) is 26.2 Å². The third-order valence-corrected chi connectivity index (χ3v) is 2.97. The first-order chi connectivity index (χ1) is 8.24. The zero-order valence-electron chi connectivity index (χ0n) is 10.6. The molecule has 1 aliphatic heterocycles. The van der Waals surface area contributed by atoms with Gasteiger partial charge in [0.1, 0.15) is 0 Å². The van der Waals surface area contributed by atoms with Gasteiger partial charge in [-0.2, -0.15) is 0 Å². The van der Waals surface area contributed by atoms with Crippen molar-refractivity contribution in [1.29, 1.82) is 0 Å². The van der Waals surface area contributed by atoms with Gasteiger partial charge in [0.25, 0.3) is 0 Å². The number of hydrogen-bond acceptors (Lipinski definition) is 6. The molecular weight excluding hydrogens is 220 g/mol. The number of anilines is 1. The van der Waals surface area contributed by atoms with E-state index in [4.69, 9.17) is 9.15 Å². The van der Waals surface area contributed by atoms with Gasteiger partial charge in [0.15, 0.2) is 0 Å². The molecule has 1 N–H and O–H groups in total. The van der Waals surface area contributed by atoms with Crippen LogP contribution in [0.5, 0.6) is 0 Å². The summed E-state index contributed by atoms with van der Waals surface area (Å²) >= 11 is 0. The van der Waals surface area contributed by atoms with Crippen molar-refractivity contribution < 1.29 is 9.15 Å². The summed E-state index contributed by atoms with van der Waals surface area (Å²) in [6.45, 7) is 6.33. The summed E-state index contributed by atoms with van der Waals surface area (Å²) in [6.07, 6.45) is 1.22. The molecule has 2 unspecified atom stereocenters. The van der Waals surface area contributed by atoms with Crippen molar-refractivity contribution in [2.75, 3.05) is 25.1 Å². The first-order valence-corrected chi connectivity index (χ1v) is 6.09. The molecule has 1 fully saturated rings. The van der Waals surface area contributed by atoms with Crippen molar-refractivity contribution in [3.8, 4) is 0 Å². The Morgan fingerprint density at radius 3 is 3.00 bits per heavy atom. The second-order valence-electron chi connectivity index (χ2n) is 4.37. The predicted octanol–water partition coefficient (Wildman–Crippen LogP) is 0.793. The van der Waals surface area contributed by atoms with Crippen LogP contribution in [-0.2, 0) is 11.3 Å². The van der Waals surface area contributed by atoms with Gasteiger partial charge in [-0.3, -0.25) is 0 Å². The van der Waals surface area contributed by atoms with Crippen molar-refractivity contribution in [2.45, 2.75) is 39.0 Å². The highest BCUT2D eigenvalue weighted by atomic mass is 16.5. The van der Waals surface area contributed by atoms with Gasteiger partial charge in [-0.05, 0) is 20.4 Å². The van der Waals surface area contributed by atoms with Gasteiger partial charge in [0.2, 0.25) is 5.89 Å². The maximum atomic E-state index is 5.64. The molecule has 2 rings (SSSR count). The largest absolute Gasteiger partial charge is 0.407 e. The fraction of sp³-hybridized carbons (Fsp3) is 0.818. The molecule has 96 valence electrons. The molecule has 0 bridgehead atoms.